The summed E-state index contributed by atoms with van der Waals surface area (Å²) in [5, 5.41) is 21.9. The highest BCUT2D eigenvalue weighted by atomic mass is 16.5. The Kier molecular flexibility index (Phi) is 6.37. The molecule has 2 aromatic rings. The first-order chi connectivity index (χ1) is 13.5. The van der Waals surface area contributed by atoms with Crippen LogP contribution in [0, 0.1) is 0 Å². The van der Waals surface area contributed by atoms with E-state index in [2.05, 4.69) is 5.32 Å². The van der Waals surface area contributed by atoms with Gasteiger partial charge in [-0.3, -0.25) is 9.59 Å². The fourth-order valence-corrected chi connectivity index (χ4v) is 3.20. The maximum Gasteiger partial charge on any atom is 0.251 e. The lowest BCUT2D eigenvalue weighted by Gasteiger charge is -2.32. The quantitative estimate of drug-likeness (QED) is 0.710. The summed E-state index contributed by atoms with van der Waals surface area (Å²) in [6.07, 6.45) is 1.62. The number of ether oxygens (including phenoxy) is 1. The monoisotopic (exact) mass is 384 g/mol. The average molecular weight is 384 g/mol. The van der Waals surface area contributed by atoms with Gasteiger partial charge in [-0.1, -0.05) is 18.2 Å². The first kappa shape index (κ1) is 19.5. The maximum absolute atomic E-state index is 12.3. The summed E-state index contributed by atoms with van der Waals surface area (Å²) in [6, 6.07) is 13.1. The second kappa shape index (κ2) is 9.12. The van der Waals surface area contributed by atoms with E-state index in [0.29, 0.717) is 39.0 Å². The lowest BCUT2D eigenvalue weighted by molar-refractivity contribution is -0.132. The number of hydrogen-bond acceptors (Lipinski definition) is 5. The van der Waals surface area contributed by atoms with E-state index in [4.69, 9.17) is 4.74 Å². The molecule has 0 saturated carbocycles. The van der Waals surface area contributed by atoms with Crippen LogP contribution in [0.1, 0.15) is 29.6 Å². The molecule has 3 rings (SSSR count). The Labute approximate surface area is 163 Å². The summed E-state index contributed by atoms with van der Waals surface area (Å²) >= 11 is 0. The second-order valence-electron chi connectivity index (χ2n) is 6.78. The molecule has 1 saturated heterocycles. The number of para-hydroxylation sites is 1. The van der Waals surface area contributed by atoms with Gasteiger partial charge in [0.25, 0.3) is 5.91 Å². The topological polar surface area (TPSA) is 99.1 Å². The van der Waals surface area contributed by atoms with Crippen LogP contribution in [0.3, 0.4) is 0 Å². The lowest BCUT2D eigenvalue weighted by Crippen LogP contribution is -2.46. The number of likely N-dealkylation sites (tertiary alicyclic amines) is 1. The number of nitrogens with one attached hydrogen (secondary N) is 1. The number of carbonyl (C=O) groups excluding carboxylic acids is 2. The second-order valence-corrected chi connectivity index (χ2v) is 6.78. The molecular weight excluding hydrogens is 360 g/mol. The fraction of sp³-hybridized carbons (Fsp3) is 0.333. The Hall–Kier alpha value is -3.22. The predicted octanol–water partition coefficient (Wildman–Crippen LogP) is 2.29. The third kappa shape index (κ3) is 5.39. The highest BCUT2D eigenvalue weighted by molar-refractivity contribution is 5.95. The molecule has 7 nitrogen and oxygen atoms in total. The molecule has 0 unspecified atom stereocenters. The number of rotatable bonds is 6. The Balaban J connectivity index is 1.41. The molecule has 2 aromatic carbocycles. The average Bonchev–Trinajstić information content (AvgIpc) is 2.68. The van der Waals surface area contributed by atoms with E-state index in [1.807, 2.05) is 30.3 Å². The molecule has 7 heteroatoms. The van der Waals surface area contributed by atoms with E-state index in [1.165, 1.54) is 18.2 Å². The largest absolute Gasteiger partial charge is 0.508 e. The zero-order valence-electron chi connectivity index (χ0n) is 15.5. The molecule has 148 valence electrons. The van der Waals surface area contributed by atoms with Gasteiger partial charge in [0.05, 0.1) is 13.0 Å². The minimum absolute atomic E-state index is 0.0404. The summed E-state index contributed by atoms with van der Waals surface area (Å²) in [6.45, 7) is 1.47. The summed E-state index contributed by atoms with van der Waals surface area (Å²) in [7, 11) is 0. The van der Waals surface area contributed by atoms with Gasteiger partial charge < -0.3 is 25.2 Å². The van der Waals surface area contributed by atoms with E-state index < -0.39 is 0 Å². The summed E-state index contributed by atoms with van der Waals surface area (Å²) in [5.41, 5.74) is 0.203. The fourth-order valence-electron chi connectivity index (χ4n) is 3.20. The first-order valence-electron chi connectivity index (χ1n) is 9.31. The van der Waals surface area contributed by atoms with Crippen molar-refractivity contribution >= 4 is 11.8 Å². The maximum atomic E-state index is 12.3. The highest BCUT2D eigenvalue weighted by Gasteiger charge is 2.24. The minimum Gasteiger partial charge on any atom is -0.508 e. The molecule has 0 aliphatic carbocycles. The number of carbonyl (C=O) groups is 2. The van der Waals surface area contributed by atoms with E-state index in [9.17, 15) is 19.8 Å². The van der Waals surface area contributed by atoms with Crippen LogP contribution < -0.4 is 10.1 Å². The number of phenolic OH excluding ortho intramolecular Hbond substituents is 2. The van der Waals surface area contributed by atoms with E-state index >= 15 is 0 Å². The van der Waals surface area contributed by atoms with Gasteiger partial charge >= 0.3 is 0 Å². The Morgan fingerprint density at radius 3 is 2.32 bits per heavy atom. The van der Waals surface area contributed by atoms with Crippen molar-refractivity contribution in [1.29, 1.82) is 0 Å². The van der Waals surface area contributed by atoms with Gasteiger partial charge in [-0.05, 0) is 37.1 Å². The third-order valence-electron chi connectivity index (χ3n) is 4.68. The van der Waals surface area contributed by atoms with Crippen LogP contribution in [0.4, 0.5) is 0 Å². The molecule has 0 bridgehead atoms. The third-order valence-corrected chi connectivity index (χ3v) is 4.68. The zero-order chi connectivity index (χ0) is 19.9. The molecule has 1 fully saturated rings. The number of hydrogen-bond donors (Lipinski definition) is 3. The standard InChI is InChI=1S/C21H24N2O5/c24-17-12-15(13-18(25)14-17)21(27)22-16-6-9-23(10-7-16)20(26)8-11-28-19-4-2-1-3-5-19/h1-5,12-14,16,24-25H,6-11H2,(H,22,27). The molecule has 28 heavy (non-hydrogen) atoms. The normalized spacial score (nSPS) is 14.5. The zero-order valence-corrected chi connectivity index (χ0v) is 15.5. The number of piperidine rings is 1. The molecule has 0 atom stereocenters. The smallest absolute Gasteiger partial charge is 0.251 e. The van der Waals surface area contributed by atoms with Gasteiger partial charge in [0, 0.05) is 30.8 Å². The van der Waals surface area contributed by atoms with Crippen LogP contribution >= 0.6 is 0 Å². The number of benzene rings is 2. The summed E-state index contributed by atoms with van der Waals surface area (Å²) < 4.78 is 5.56. The van der Waals surface area contributed by atoms with Crippen LogP contribution in [-0.4, -0.2) is 52.7 Å². The van der Waals surface area contributed by atoms with Crippen LogP contribution in [0.2, 0.25) is 0 Å². The van der Waals surface area contributed by atoms with Crippen LogP contribution in [0.25, 0.3) is 0 Å². The SMILES string of the molecule is O=C(NC1CCN(C(=O)CCOc2ccccc2)CC1)c1cc(O)cc(O)c1. The predicted molar refractivity (Wildman–Crippen MR) is 103 cm³/mol. The Morgan fingerprint density at radius 2 is 1.68 bits per heavy atom. The molecule has 1 heterocycles. The number of amides is 2. The van der Waals surface area contributed by atoms with Gasteiger partial charge in [0.15, 0.2) is 0 Å². The van der Waals surface area contributed by atoms with E-state index in [0.717, 1.165) is 5.75 Å². The van der Waals surface area contributed by atoms with Crippen LogP contribution in [0.5, 0.6) is 17.2 Å². The van der Waals surface area contributed by atoms with E-state index in [-0.39, 0.29) is 34.9 Å². The van der Waals surface area contributed by atoms with Gasteiger partial charge in [0.1, 0.15) is 17.2 Å². The molecular formula is C21H24N2O5. The Bertz CT molecular complexity index is 797. The van der Waals surface area contributed by atoms with Crippen molar-refractivity contribution in [3.05, 3.63) is 54.1 Å². The molecule has 2 amide bonds. The number of aromatic hydroxyl groups is 2. The van der Waals surface area contributed by atoms with Crippen molar-refractivity contribution < 1.29 is 24.5 Å². The molecule has 0 spiro atoms. The lowest BCUT2D eigenvalue weighted by atomic mass is 10.0. The first-order valence-corrected chi connectivity index (χ1v) is 9.31. The van der Waals surface area contributed by atoms with E-state index in [1.54, 1.807) is 4.90 Å². The molecule has 3 N–H and O–H groups in total. The van der Waals surface area contributed by atoms with Crippen molar-refractivity contribution in [3.8, 4) is 17.2 Å². The van der Waals surface area contributed by atoms with Crippen molar-refractivity contribution in [2.24, 2.45) is 0 Å². The number of nitrogens with zero attached hydrogens (tertiary/aromatic N) is 1. The van der Waals surface area contributed by atoms with Crippen molar-refractivity contribution in [2.75, 3.05) is 19.7 Å². The highest BCUT2D eigenvalue weighted by Crippen LogP contribution is 2.21. The van der Waals surface area contributed by atoms with Gasteiger partial charge in [0.2, 0.25) is 5.91 Å². The Morgan fingerprint density at radius 1 is 1.04 bits per heavy atom. The van der Waals surface area contributed by atoms with Crippen molar-refractivity contribution in [1.82, 2.24) is 10.2 Å². The van der Waals surface area contributed by atoms with Crippen molar-refractivity contribution in [2.45, 2.75) is 25.3 Å². The molecule has 1 aliphatic rings. The minimum atomic E-state index is -0.354. The summed E-state index contributed by atoms with van der Waals surface area (Å²) in [5.74, 6) is 0.104. The van der Waals surface area contributed by atoms with Gasteiger partial charge in [-0.2, -0.15) is 0 Å². The van der Waals surface area contributed by atoms with Crippen LogP contribution in [-0.2, 0) is 4.79 Å². The van der Waals surface area contributed by atoms with Crippen LogP contribution in [0.15, 0.2) is 48.5 Å². The molecule has 0 radical (unpaired) electrons. The van der Waals surface area contributed by atoms with Gasteiger partial charge in [-0.15, -0.1) is 0 Å². The summed E-state index contributed by atoms with van der Waals surface area (Å²) in [4.78, 5) is 26.4. The molecule has 1 aliphatic heterocycles. The van der Waals surface area contributed by atoms with Gasteiger partial charge in [-0.25, -0.2) is 0 Å². The van der Waals surface area contributed by atoms with Crippen molar-refractivity contribution in [3.63, 3.8) is 0 Å². The number of phenols is 2. The molecule has 0 aromatic heterocycles.